The second-order valence-electron chi connectivity index (χ2n) is 4.66. The molecule has 0 aromatic heterocycles. The zero-order chi connectivity index (χ0) is 13.9. The van der Waals surface area contributed by atoms with Crippen molar-refractivity contribution in [1.82, 2.24) is 0 Å². The van der Waals surface area contributed by atoms with Gasteiger partial charge in [0.05, 0.1) is 6.42 Å². The number of carbonyl (C=O) groups excluding carboxylic acids is 2. The van der Waals surface area contributed by atoms with E-state index in [0.29, 0.717) is 0 Å². The molecule has 1 unspecified atom stereocenters. The normalized spacial score (nSPS) is 16.2. The van der Waals surface area contributed by atoms with Gasteiger partial charge in [-0.2, -0.15) is 13.2 Å². The molecule has 7 heteroatoms. The van der Waals surface area contributed by atoms with Crippen molar-refractivity contribution in [2.75, 3.05) is 0 Å². The minimum absolute atomic E-state index is 0.0855. The number of esters is 1. The van der Waals surface area contributed by atoms with Crippen molar-refractivity contribution in [3.05, 3.63) is 0 Å². The maximum Gasteiger partial charge on any atom is 0.418 e. The summed E-state index contributed by atoms with van der Waals surface area (Å²) in [5.41, 5.74) is -4.32. The first-order valence-electron chi connectivity index (χ1n) is 4.86. The maximum absolute atomic E-state index is 12.5. The topological polar surface area (TPSA) is 63.6 Å². The number of carbonyl (C=O) groups is 2. The van der Waals surface area contributed by atoms with Crippen LogP contribution in [0.2, 0.25) is 0 Å². The fourth-order valence-electron chi connectivity index (χ4n) is 1.04. The molecule has 0 aliphatic heterocycles. The number of rotatable bonds is 4. The highest BCUT2D eigenvalue weighted by molar-refractivity contribution is 5.72. The fraction of sp³-hybridized carbons (Fsp3) is 0.800. The van der Waals surface area contributed by atoms with Crippen LogP contribution in [-0.4, -0.2) is 34.7 Å². The van der Waals surface area contributed by atoms with Crippen LogP contribution >= 0.6 is 0 Å². The molecule has 17 heavy (non-hydrogen) atoms. The molecule has 0 radical (unpaired) electrons. The molecule has 4 nitrogen and oxygen atoms in total. The lowest BCUT2D eigenvalue weighted by atomic mass is 9.95. The van der Waals surface area contributed by atoms with Gasteiger partial charge in [-0.15, -0.1) is 0 Å². The smallest absolute Gasteiger partial charge is 0.418 e. The molecular weight excluding hydrogens is 241 g/mol. The highest BCUT2D eigenvalue weighted by atomic mass is 19.4. The average Bonchev–Trinajstić information content (AvgIpc) is 1.97. The second kappa shape index (κ2) is 5.03. The summed E-state index contributed by atoms with van der Waals surface area (Å²) in [6.45, 7) is 4.45. The van der Waals surface area contributed by atoms with Crippen LogP contribution in [0.15, 0.2) is 0 Å². The summed E-state index contributed by atoms with van der Waals surface area (Å²) in [5, 5.41) is 9.26. The van der Waals surface area contributed by atoms with E-state index in [9.17, 15) is 27.9 Å². The first-order chi connectivity index (χ1) is 7.41. The van der Waals surface area contributed by atoms with Gasteiger partial charge in [0, 0.05) is 6.42 Å². The molecule has 1 atom stereocenters. The predicted octanol–water partition coefficient (Wildman–Crippen LogP) is 1.60. The largest absolute Gasteiger partial charge is 0.460 e. The SMILES string of the molecule is CC(C)(C)OC(=O)CC(O)(CC=O)C(F)(F)F. The highest BCUT2D eigenvalue weighted by Gasteiger charge is 2.55. The third-order valence-electron chi connectivity index (χ3n) is 1.81. The van der Waals surface area contributed by atoms with Crippen molar-refractivity contribution < 1.29 is 32.6 Å². The Morgan fingerprint density at radius 3 is 2.06 bits per heavy atom. The number of hydrogen-bond acceptors (Lipinski definition) is 4. The molecule has 0 rings (SSSR count). The standard InChI is InChI=1S/C10H15F3O4/c1-8(2,3)17-7(15)6-9(16,4-5-14)10(11,12)13/h5,16H,4,6H2,1-3H3. The highest BCUT2D eigenvalue weighted by Crippen LogP contribution is 2.35. The Hall–Kier alpha value is -1.11. The maximum atomic E-state index is 12.5. The first kappa shape index (κ1) is 15.9. The zero-order valence-electron chi connectivity index (χ0n) is 9.80. The van der Waals surface area contributed by atoms with Gasteiger partial charge in [-0.05, 0) is 20.8 Å². The van der Waals surface area contributed by atoms with Gasteiger partial charge in [0.1, 0.15) is 11.9 Å². The van der Waals surface area contributed by atoms with Gasteiger partial charge < -0.3 is 14.6 Å². The van der Waals surface area contributed by atoms with Crippen LogP contribution in [0.4, 0.5) is 13.2 Å². The lowest BCUT2D eigenvalue weighted by Crippen LogP contribution is -2.48. The van der Waals surface area contributed by atoms with Crippen molar-refractivity contribution in [1.29, 1.82) is 0 Å². The molecular formula is C10H15F3O4. The summed E-state index contributed by atoms with van der Waals surface area (Å²) in [5.74, 6) is -1.21. The predicted molar refractivity (Wildman–Crippen MR) is 52.1 cm³/mol. The van der Waals surface area contributed by atoms with Crippen molar-refractivity contribution in [3.63, 3.8) is 0 Å². The molecule has 0 saturated heterocycles. The van der Waals surface area contributed by atoms with E-state index in [-0.39, 0.29) is 6.29 Å². The Bertz CT molecular complexity index is 293. The third-order valence-corrected chi connectivity index (χ3v) is 1.81. The van der Waals surface area contributed by atoms with Crippen LogP contribution in [0.5, 0.6) is 0 Å². The van der Waals surface area contributed by atoms with Crippen LogP contribution in [0.3, 0.4) is 0 Å². The molecule has 0 bridgehead atoms. The van der Waals surface area contributed by atoms with Crippen molar-refractivity contribution >= 4 is 12.3 Å². The van der Waals surface area contributed by atoms with Crippen LogP contribution in [0.25, 0.3) is 0 Å². The molecule has 0 saturated carbocycles. The number of alkyl halides is 3. The minimum atomic E-state index is -5.06. The van der Waals surface area contributed by atoms with Crippen molar-refractivity contribution in [3.8, 4) is 0 Å². The quantitative estimate of drug-likeness (QED) is 0.613. The van der Waals surface area contributed by atoms with E-state index < -0.39 is 36.2 Å². The van der Waals surface area contributed by atoms with E-state index in [1.807, 2.05) is 0 Å². The third kappa shape index (κ3) is 5.16. The van der Waals surface area contributed by atoms with Gasteiger partial charge in [-0.3, -0.25) is 4.79 Å². The molecule has 0 aliphatic rings. The zero-order valence-corrected chi connectivity index (χ0v) is 9.80. The van der Waals surface area contributed by atoms with Gasteiger partial charge in [0.2, 0.25) is 0 Å². The Morgan fingerprint density at radius 2 is 1.76 bits per heavy atom. The van der Waals surface area contributed by atoms with Gasteiger partial charge >= 0.3 is 12.1 Å². The van der Waals surface area contributed by atoms with Crippen molar-refractivity contribution in [2.45, 2.75) is 51.0 Å². The summed E-state index contributed by atoms with van der Waals surface area (Å²) < 4.78 is 42.1. The summed E-state index contributed by atoms with van der Waals surface area (Å²) in [7, 11) is 0. The van der Waals surface area contributed by atoms with E-state index in [1.54, 1.807) is 0 Å². The monoisotopic (exact) mass is 256 g/mol. The van der Waals surface area contributed by atoms with E-state index in [0.717, 1.165) is 0 Å². The van der Waals surface area contributed by atoms with E-state index >= 15 is 0 Å². The Kier molecular flexibility index (Phi) is 4.70. The summed E-state index contributed by atoms with van der Waals surface area (Å²) in [6, 6.07) is 0. The molecule has 0 heterocycles. The van der Waals surface area contributed by atoms with Gasteiger partial charge in [-0.1, -0.05) is 0 Å². The van der Waals surface area contributed by atoms with Crippen LogP contribution < -0.4 is 0 Å². The molecule has 0 fully saturated rings. The Morgan fingerprint density at radius 1 is 1.29 bits per heavy atom. The van der Waals surface area contributed by atoms with Crippen LogP contribution in [-0.2, 0) is 14.3 Å². The van der Waals surface area contributed by atoms with Crippen LogP contribution in [0, 0.1) is 0 Å². The van der Waals surface area contributed by atoms with Crippen LogP contribution in [0.1, 0.15) is 33.6 Å². The second-order valence-corrected chi connectivity index (χ2v) is 4.66. The number of ether oxygens (including phenoxy) is 1. The molecule has 100 valence electrons. The summed E-state index contributed by atoms with van der Waals surface area (Å²) in [6.07, 6.45) is -7.65. The molecule has 0 amide bonds. The molecule has 0 spiro atoms. The van der Waals surface area contributed by atoms with Crippen molar-refractivity contribution in [2.24, 2.45) is 0 Å². The summed E-state index contributed by atoms with van der Waals surface area (Å²) in [4.78, 5) is 21.3. The van der Waals surface area contributed by atoms with Gasteiger partial charge in [0.25, 0.3) is 0 Å². The molecule has 0 aromatic rings. The molecule has 1 N–H and O–H groups in total. The number of aldehydes is 1. The lowest BCUT2D eigenvalue weighted by Gasteiger charge is -2.29. The fourth-order valence-corrected chi connectivity index (χ4v) is 1.04. The number of halogens is 3. The van der Waals surface area contributed by atoms with E-state index in [1.165, 1.54) is 20.8 Å². The molecule has 0 aromatic carbocycles. The van der Waals surface area contributed by atoms with Gasteiger partial charge in [0.15, 0.2) is 5.60 Å². The first-order valence-corrected chi connectivity index (χ1v) is 4.86. The summed E-state index contributed by atoms with van der Waals surface area (Å²) >= 11 is 0. The van der Waals surface area contributed by atoms with Gasteiger partial charge in [-0.25, -0.2) is 0 Å². The van der Waals surface area contributed by atoms with E-state index in [2.05, 4.69) is 4.74 Å². The Balaban J connectivity index is 4.79. The number of aliphatic hydroxyl groups is 1. The van der Waals surface area contributed by atoms with E-state index in [4.69, 9.17) is 0 Å². The molecule has 0 aliphatic carbocycles. The Labute approximate surface area is 96.8 Å². The number of hydrogen-bond donors (Lipinski definition) is 1. The lowest BCUT2D eigenvalue weighted by molar-refractivity contribution is -0.263. The minimum Gasteiger partial charge on any atom is -0.460 e. The average molecular weight is 256 g/mol.